The summed E-state index contributed by atoms with van der Waals surface area (Å²) in [5.41, 5.74) is 7.18. The molecule has 0 saturated carbocycles. The number of ketones is 1. The van der Waals surface area contributed by atoms with Gasteiger partial charge in [0.2, 0.25) is 0 Å². The lowest BCUT2D eigenvalue weighted by Crippen LogP contribution is -2.22. The van der Waals surface area contributed by atoms with E-state index < -0.39 is 0 Å². The van der Waals surface area contributed by atoms with Crippen molar-refractivity contribution in [3.63, 3.8) is 0 Å². The van der Waals surface area contributed by atoms with E-state index >= 15 is 0 Å². The van der Waals surface area contributed by atoms with Crippen molar-refractivity contribution in [3.8, 4) is 11.3 Å². The molecule has 31 heavy (non-hydrogen) atoms. The number of anilines is 3. The standard InChI is InChI=1S/C25H23N3O3/c1-14-8-9-15(2)18(12-14)26-19-13-20(28(3)10-11-29)23-22-21(19)24(30)16-6-4-5-7-17(16)25(22)31-27-23/h4-9,12-13,26,29H,10-11H2,1-3H3. The normalized spacial score (nSPS) is 12.2. The second-order valence-corrected chi connectivity index (χ2v) is 8.02. The SMILES string of the molecule is Cc1ccc(C)c(Nc2cc(N(C)CCO)c3noc4c3c2C(=O)c2ccccc2-4)c1. The molecule has 5 rings (SSSR count). The molecule has 4 aromatic rings. The third-order valence-corrected chi connectivity index (χ3v) is 5.89. The number of aliphatic hydroxyl groups excluding tert-OH is 1. The first-order valence-corrected chi connectivity index (χ1v) is 10.3. The maximum absolute atomic E-state index is 13.6. The Morgan fingerprint density at radius 1 is 1.06 bits per heavy atom. The highest BCUT2D eigenvalue weighted by molar-refractivity contribution is 6.28. The van der Waals surface area contributed by atoms with Crippen LogP contribution in [0, 0.1) is 13.8 Å². The first-order chi connectivity index (χ1) is 15.0. The van der Waals surface area contributed by atoms with E-state index in [1.165, 1.54) is 0 Å². The molecular weight excluding hydrogens is 390 g/mol. The summed E-state index contributed by atoms with van der Waals surface area (Å²) < 4.78 is 5.77. The van der Waals surface area contributed by atoms with E-state index in [0.29, 0.717) is 40.0 Å². The molecule has 0 unspecified atom stereocenters. The van der Waals surface area contributed by atoms with Crippen LogP contribution >= 0.6 is 0 Å². The first kappa shape index (κ1) is 19.3. The van der Waals surface area contributed by atoms with Gasteiger partial charge in [-0.15, -0.1) is 0 Å². The summed E-state index contributed by atoms with van der Waals surface area (Å²) in [5, 5.41) is 18.0. The van der Waals surface area contributed by atoms with Crippen LogP contribution in [0.3, 0.4) is 0 Å². The van der Waals surface area contributed by atoms with Gasteiger partial charge in [0.25, 0.3) is 0 Å². The highest BCUT2D eigenvalue weighted by Crippen LogP contribution is 2.46. The predicted molar refractivity (Wildman–Crippen MR) is 122 cm³/mol. The highest BCUT2D eigenvalue weighted by atomic mass is 16.5. The molecule has 0 fully saturated rings. The smallest absolute Gasteiger partial charge is 0.196 e. The minimum atomic E-state index is -0.0551. The van der Waals surface area contributed by atoms with Crippen molar-refractivity contribution in [2.45, 2.75) is 13.8 Å². The maximum atomic E-state index is 13.6. The van der Waals surface area contributed by atoms with E-state index in [0.717, 1.165) is 28.1 Å². The van der Waals surface area contributed by atoms with Gasteiger partial charge in [-0.05, 0) is 37.1 Å². The Bertz CT molecular complexity index is 1340. The van der Waals surface area contributed by atoms with Gasteiger partial charge in [-0.3, -0.25) is 4.79 Å². The van der Waals surface area contributed by atoms with Crippen molar-refractivity contribution in [1.29, 1.82) is 0 Å². The molecule has 3 aromatic carbocycles. The van der Waals surface area contributed by atoms with Gasteiger partial charge in [-0.25, -0.2) is 0 Å². The second kappa shape index (κ2) is 7.25. The lowest BCUT2D eigenvalue weighted by Gasteiger charge is -2.24. The number of aryl methyl sites for hydroxylation is 2. The summed E-state index contributed by atoms with van der Waals surface area (Å²) in [6.45, 7) is 4.51. The average molecular weight is 413 g/mol. The van der Waals surface area contributed by atoms with Gasteiger partial charge < -0.3 is 19.8 Å². The number of carbonyl (C=O) groups excluding carboxylic acids is 1. The Morgan fingerprint density at radius 3 is 2.61 bits per heavy atom. The number of hydrogen-bond donors (Lipinski definition) is 2. The number of aromatic nitrogens is 1. The van der Waals surface area contributed by atoms with Crippen LogP contribution in [0.5, 0.6) is 0 Å². The Labute approximate surface area is 180 Å². The van der Waals surface area contributed by atoms with Crippen LogP contribution in [0.2, 0.25) is 0 Å². The quantitative estimate of drug-likeness (QED) is 0.430. The van der Waals surface area contributed by atoms with Crippen molar-refractivity contribution in [2.75, 3.05) is 30.4 Å². The average Bonchev–Trinajstić information content (AvgIpc) is 3.20. The zero-order chi connectivity index (χ0) is 21.7. The fourth-order valence-electron chi connectivity index (χ4n) is 4.22. The summed E-state index contributed by atoms with van der Waals surface area (Å²) in [4.78, 5) is 15.5. The minimum Gasteiger partial charge on any atom is -0.395 e. The molecule has 1 aromatic heterocycles. The zero-order valence-electron chi connectivity index (χ0n) is 17.7. The van der Waals surface area contributed by atoms with Gasteiger partial charge >= 0.3 is 0 Å². The molecule has 1 aliphatic carbocycles. The number of fused-ring (bicyclic) bond motifs is 2. The van der Waals surface area contributed by atoms with Crippen LogP contribution in [0.25, 0.3) is 22.2 Å². The zero-order valence-corrected chi connectivity index (χ0v) is 17.7. The number of nitrogens with zero attached hydrogens (tertiary/aromatic N) is 2. The van der Waals surface area contributed by atoms with Crippen LogP contribution in [0.15, 0.2) is 53.1 Å². The van der Waals surface area contributed by atoms with Crippen molar-refractivity contribution >= 4 is 33.7 Å². The van der Waals surface area contributed by atoms with E-state index in [1.54, 1.807) is 0 Å². The fraction of sp³-hybridized carbons (Fsp3) is 0.200. The summed E-state index contributed by atoms with van der Waals surface area (Å²) in [6, 6.07) is 15.6. The van der Waals surface area contributed by atoms with Gasteiger partial charge in [0.15, 0.2) is 11.5 Å². The van der Waals surface area contributed by atoms with Crippen LogP contribution in [-0.4, -0.2) is 36.2 Å². The van der Waals surface area contributed by atoms with Gasteiger partial charge in [0, 0.05) is 30.4 Å². The lowest BCUT2D eigenvalue weighted by atomic mass is 9.86. The number of nitrogens with one attached hydrogen (secondary N) is 1. The molecule has 0 aliphatic heterocycles. The third kappa shape index (κ3) is 2.99. The Hall–Kier alpha value is -3.64. The van der Waals surface area contributed by atoms with Crippen LogP contribution in [0.4, 0.5) is 17.1 Å². The first-order valence-electron chi connectivity index (χ1n) is 10.3. The molecule has 0 spiro atoms. The monoisotopic (exact) mass is 413 g/mol. The van der Waals surface area contributed by atoms with Crippen LogP contribution in [0.1, 0.15) is 27.0 Å². The van der Waals surface area contributed by atoms with Gasteiger partial charge in [-0.2, -0.15) is 0 Å². The van der Waals surface area contributed by atoms with Gasteiger partial charge in [0.05, 0.1) is 28.9 Å². The largest absolute Gasteiger partial charge is 0.395 e. The molecule has 0 radical (unpaired) electrons. The number of carbonyl (C=O) groups is 1. The van der Waals surface area contributed by atoms with E-state index in [1.807, 2.05) is 56.1 Å². The summed E-state index contributed by atoms with van der Waals surface area (Å²) in [7, 11) is 1.89. The van der Waals surface area contributed by atoms with E-state index in [9.17, 15) is 9.90 Å². The molecule has 156 valence electrons. The van der Waals surface area contributed by atoms with Crippen molar-refractivity contribution in [1.82, 2.24) is 5.16 Å². The third-order valence-electron chi connectivity index (χ3n) is 5.89. The topological polar surface area (TPSA) is 78.6 Å². The van der Waals surface area contributed by atoms with E-state index in [2.05, 4.69) is 28.7 Å². The lowest BCUT2D eigenvalue weighted by molar-refractivity contribution is 0.104. The predicted octanol–water partition coefficient (Wildman–Crippen LogP) is 4.83. The number of hydrogen-bond acceptors (Lipinski definition) is 6. The molecule has 1 aliphatic rings. The number of rotatable bonds is 5. The summed E-state index contributed by atoms with van der Waals surface area (Å²) >= 11 is 0. The summed E-state index contributed by atoms with van der Waals surface area (Å²) in [5.74, 6) is 0.545. The number of likely N-dealkylation sites (N-methyl/N-ethyl adjacent to an activating group) is 1. The van der Waals surface area contributed by atoms with Crippen molar-refractivity contribution < 1.29 is 14.4 Å². The number of aliphatic hydroxyl groups is 1. The second-order valence-electron chi connectivity index (χ2n) is 8.02. The van der Waals surface area contributed by atoms with Crippen LogP contribution in [-0.2, 0) is 0 Å². The molecule has 1 heterocycles. The molecule has 0 amide bonds. The highest BCUT2D eigenvalue weighted by Gasteiger charge is 2.33. The molecule has 0 atom stereocenters. The Balaban J connectivity index is 1.81. The molecular formula is C25H23N3O3. The van der Waals surface area contributed by atoms with Crippen molar-refractivity contribution in [3.05, 3.63) is 70.8 Å². The van der Waals surface area contributed by atoms with E-state index in [4.69, 9.17) is 4.52 Å². The van der Waals surface area contributed by atoms with Crippen molar-refractivity contribution in [2.24, 2.45) is 0 Å². The molecule has 6 heteroatoms. The maximum Gasteiger partial charge on any atom is 0.196 e. The van der Waals surface area contributed by atoms with Gasteiger partial charge in [-0.1, -0.05) is 41.6 Å². The number of benzene rings is 3. The minimum absolute atomic E-state index is 0.00592. The molecule has 2 N–H and O–H groups in total. The molecule has 0 bridgehead atoms. The molecule has 6 nitrogen and oxygen atoms in total. The Kier molecular flexibility index (Phi) is 4.52. The Morgan fingerprint density at radius 2 is 1.84 bits per heavy atom. The fourth-order valence-corrected chi connectivity index (χ4v) is 4.22. The van der Waals surface area contributed by atoms with Gasteiger partial charge in [0.1, 0.15) is 5.52 Å². The van der Waals surface area contributed by atoms with E-state index in [-0.39, 0.29) is 12.4 Å². The summed E-state index contributed by atoms with van der Waals surface area (Å²) in [6.07, 6.45) is 0. The van der Waals surface area contributed by atoms with Crippen LogP contribution < -0.4 is 10.2 Å². The molecule has 0 saturated heterocycles.